The Morgan fingerprint density at radius 3 is 2.90 bits per heavy atom. The first-order valence-corrected chi connectivity index (χ1v) is 7.99. The van der Waals surface area contributed by atoms with Gasteiger partial charge in [0.05, 0.1) is 10.7 Å². The molecule has 1 amide bonds. The number of nitrogen functional groups attached to an aromatic ring is 1. The average Bonchev–Trinajstić information content (AvgIpc) is 2.81. The average molecular weight is 310 g/mol. The van der Waals surface area contributed by atoms with Gasteiger partial charge in [-0.1, -0.05) is 6.08 Å². The molecule has 1 rings (SSSR count). The number of nitrogens with one attached hydrogen (secondary N) is 2. The molecule has 118 valence electrons. The molecule has 0 atom stereocenters. The fourth-order valence-electron chi connectivity index (χ4n) is 1.71. The predicted octanol–water partition coefficient (Wildman–Crippen LogP) is 2.39. The van der Waals surface area contributed by atoms with E-state index in [0.29, 0.717) is 23.2 Å². The van der Waals surface area contributed by atoms with Crippen LogP contribution in [0.3, 0.4) is 0 Å². The summed E-state index contributed by atoms with van der Waals surface area (Å²) in [5.41, 5.74) is 6.40. The van der Waals surface area contributed by atoms with Crippen LogP contribution >= 0.6 is 11.3 Å². The number of hydrogen-bond acceptors (Lipinski definition) is 5. The summed E-state index contributed by atoms with van der Waals surface area (Å²) in [6.45, 7) is 10.3. The number of carbonyl (C=O) groups is 1. The molecule has 6 heteroatoms. The van der Waals surface area contributed by atoms with Gasteiger partial charge in [-0.25, -0.2) is 0 Å². The Morgan fingerprint density at radius 1 is 1.57 bits per heavy atom. The number of hydrogen-bond donors (Lipinski definition) is 3. The minimum absolute atomic E-state index is 0.148. The summed E-state index contributed by atoms with van der Waals surface area (Å²) in [5, 5.41) is 6.99. The molecule has 0 fully saturated rings. The molecule has 0 bridgehead atoms. The normalized spacial score (nSPS) is 10.9. The molecule has 0 saturated heterocycles. The summed E-state index contributed by atoms with van der Waals surface area (Å²) in [6.07, 6.45) is 2.69. The lowest BCUT2D eigenvalue weighted by molar-refractivity contribution is 0.0963. The highest BCUT2D eigenvalue weighted by atomic mass is 32.1. The second-order valence-electron chi connectivity index (χ2n) is 5.25. The number of nitrogens with zero attached hydrogens (tertiary/aromatic N) is 1. The van der Waals surface area contributed by atoms with Crippen LogP contribution in [0, 0.1) is 0 Å². The lowest BCUT2D eigenvalue weighted by atomic mass is 10.3. The smallest absolute Gasteiger partial charge is 0.263 e. The van der Waals surface area contributed by atoms with E-state index in [9.17, 15) is 4.79 Å². The molecule has 1 aromatic heterocycles. The van der Waals surface area contributed by atoms with Crippen molar-refractivity contribution >= 4 is 27.9 Å². The minimum atomic E-state index is -0.148. The largest absolute Gasteiger partial charge is 0.397 e. The Hall–Kier alpha value is -1.53. The van der Waals surface area contributed by atoms with Crippen LogP contribution in [-0.4, -0.2) is 43.5 Å². The van der Waals surface area contributed by atoms with Crippen LogP contribution in [0.5, 0.6) is 0 Å². The fourth-order valence-corrected chi connectivity index (χ4v) is 2.63. The van der Waals surface area contributed by atoms with Crippen LogP contribution < -0.4 is 16.4 Å². The fraction of sp³-hybridized carbons (Fsp3) is 0.533. The summed E-state index contributed by atoms with van der Waals surface area (Å²) in [5.74, 6) is -0.148. The molecule has 4 N–H and O–H groups in total. The SMILES string of the molecule is C=CCNC(=O)c1sc(NCCCN(C)C(C)C)cc1N. The minimum Gasteiger partial charge on any atom is -0.397 e. The van der Waals surface area contributed by atoms with Gasteiger partial charge in [0.15, 0.2) is 0 Å². The predicted molar refractivity (Wildman–Crippen MR) is 92.1 cm³/mol. The summed E-state index contributed by atoms with van der Waals surface area (Å²) >= 11 is 1.39. The number of anilines is 2. The molecule has 0 aliphatic heterocycles. The highest BCUT2D eigenvalue weighted by molar-refractivity contribution is 7.18. The number of carbonyl (C=O) groups excluding carboxylic acids is 1. The van der Waals surface area contributed by atoms with E-state index >= 15 is 0 Å². The Balaban J connectivity index is 2.43. The molecular weight excluding hydrogens is 284 g/mol. The lowest BCUT2D eigenvalue weighted by Crippen LogP contribution is -2.28. The van der Waals surface area contributed by atoms with Crippen molar-refractivity contribution in [3.8, 4) is 0 Å². The monoisotopic (exact) mass is 310 g/mol. The third-order valence-electron chi connectivity index (χ3n) is 3.24. The maximum absolute atomic E-state index is 11.9. The maximum Gasteiger partial charge on any atom is 0.263 e. The highest BCUT2D eigenvalue weighted by Gasteiger charge is 2.13. The number of thiophene rings is 1. The maximum atomic E-state index is 11.9. The zero-order valence-electron chi connectivity index (χ0n) is 13.1. The van der Waals surface area contributed by atoms with E-state index in [-0.39, 0.29) is 5.91 Å². The zero-order valence-corrected chi connectivity index (χ0v) is 13.9. The van der Waals surface area contributed by atoms with Gasteiger partial charge in [0.25, 0.3) is 5.91 Å². The van der Waals surface area contributed by atoms with Crippen molar-refractivity contribution < 1.29 is 4.79 Å². The summed E-state index contributed by atoms with van der Waals surface area (Å²) in [4.78, 5) is 14.7. The Bertz CT molecular complexity index is 470. The van der Waals surface area contributed by atoms with Crippen molar-refractivity contribution in [1.82, 2.24) is 10.2 Å². The van der Waals surface area contributed by atoms with Gasteiger partial charge in [-0.3, -0.25) is 4.79 Å². The first-order chi connectivity index (χ1) is 9.95. The Labute approximate surface area is 131 Å². The summed E-state index contributed by atoms with van der Waals surface area (Å²) in [6, 6.07) is 2.38. The lowest BCUT2D eigenvalue weighted by Gasteiger charge is -2.20. The van der Waals surface area contributed by atoms with Gasteiger partial charge in [0.2, 0.25) is 0 Å². The first kappa shape index (κ1) is 17.5. The Kier molecular flexibility index (Phi) is 7.25. The summed E-state index contributed by atoms with van der Waals surface area (Å²) in [7, 11) is 2.12. The van der Waals surface area contributed by atoms with E-state index in [4.69, 9.17) is 5.73 Å². The Morgan fingerprint density at radius 2 is 2.29 bits per heavy atom. The van der Waals surface area contributed by atoms with Crippen molar-refractivity contribution in [1.29, 1.82) is 0 Å². The zero-order chi connectivity index (χ0) is 15.8. The van der Waals surface area contributed by atoms with Gasteiger partial charge in [-0.2, -0.15) is 0 Å². The van der Waals surface area contributed by atoms with E-state index in [1.54, 1.807) is 6.08 Å². The summed E-state index contributed by atoms with van der Waals surface area (Å²) < 4.78 is 0. The molecule has 1 heterocycles. The third kappa shape index (κ3) is 5.77. The van der Waals surface area contributed by atoms with Crippen molar-refractivity contribution in [2.75, 3.05) is 37.7 Å². The van der Waals surface area contributed by atoms with Crippen LogP contribution in [-0.2, 0) is 0 Å². The molecule has 0 aliphatic rings. The van der Waals surface area contributed by atoms with Crippen molar-refractivity contribution in [3.63, 3.8) is 0 Å². The number of rotatable bonds is 9. The number of nitrogens with two attached hydrogens (primary N) is 1. The molecular formula is C15H26N4OS. The molecule has 21 heavy (non-hydrogen) atoms. The van der Waals surface area contributed by atoms with Gasteiger partial charge in [0.1, 0.15) is 4.88 Å². The van der Waals surface area contributed by atoms with E-state index in [0.717, 1.165) is 24.5 Å². The van der Waals surface area contributed by atoms with E-state index in [1.807, 2.05) is 6.07 Å². The van der Waals surface area contributed by atoms with Crippen molar-refractivity contribution in [2.24, 2.45) is 0 Å². The topological polar surface area (TPSA) is 70.4 Å². The van der Waals surface area contributed by atoms with E-state index in [1.165, 1.54) is 11.3 Å². The highest BCUT2D eigenvalue weighted by Crippen LogP contribution is 2.29. The van der Waals surface area contributed by atoms with E-state index < -0.39 is 0 Å². The number of amides is 1. The van der Waals surface area contributed by atoms with Crippen LogP contribution in [0.1, 0.15) is 29.9 Å². The molecule has 0 aromatic carbocycles. The molecule has 0 unspecified atom stereocenters. The molecule has 0 radical (unpaired) electrons. The van der Waals surface area contributed by atoms with E-state index in [2.05, 4.69) is 43.0 Å². The van der Waals surface area contributed by atoms with Crippen molar-refractivity contribution in [2.45, 2.75) is 26.3 Å². The molecule has 1 aromatic rings. The van der Waals surface area contributed by atoms with Gasteiger partial charge in [-0.05, 0) is 39.9 Å². The van der Waals surface area contributed by atoms with Gasteiger partial charge in [-0.15, -0.1) is 17.9 Å². The van der Waals surface area contributed by atoms with Gasteiger partial charge >= 0.3 is 0 Å². The molecule has 0 saturated carbocycles. The van der Waals surface area contributed by atoms with Crippen LogP contribution in [0.25, 0.3) is 0 Å². The van der Waals surface area contributed by atoms with Crippen LogP contribution in [0.2, 0.25) is 0 Å². The third-order valence-corrected chi connectivity index (χ3v) is 4.35. The second-order valence-corrected chi connectivity index (χ2v) is 6.30. The molecule has 0 spiro atoms. The quantitative estimate of drug-likeness (QED) is 0.484. The molecule has 0 aliphatic carbocycles. The van der Waals surface area contributed by atoms with Crippen LogP contribution in [0.15, 0.2) is 18.7 Å². The molecule has 5 nitrogen and oxygen atoms in total. The van der Waals surface area contributed by atoms with Gasteiger partial charge < -0.3 is 21.3 Å². The first-order valence-electron chi connectivity index (χ1n) is 7.18. The second kappa shape index (κ2) is 8.69. The van der Waals surface area contributed by atoms with Gasteiger partial charge in [0, 0.05) is 19.1 Å². The van der Waals surface area contributed by atoms with Crippen LogP contribution in [0.4, 0.5) is 10.7 Å². The standard InChI is InChI=1S/C15H26N4OS/c1-5-7-18-15(20)14-12(16)10-13(21-14)17-8-6-9-19(4)11(2)3/h5,10-11,17H,1,6-9,16H2,2-4H3,(H,18,20). The van der Waals surface area contributed by atoms with Crippen molar-refractivity contribution in [3.05, 3.63) is 23.6 Å².